The van der Waals surface area contributed by atoms with E-state index in [1.54, 1.807) is 0 Å². The average molecular weight is 124 g/mol. The quantitative estimate of drug-likeness (QED) is 0.404. The lowest BCUT2D eigenvalue weighted by Crippen LogP contribution is -2.34. The maximum absolute atomic E-state index is 10.3. The fourth-order valence-corrected chi connectivity index (χ4v) is 0.185. The van der Waals surface area contributed by atoms with Crippen molar-refractivity contribution in [2.24, 2.45) is 11.6 Å². The lowest BCUT2D eigenvalue weighted by molar-refractivity contribution is -0.139. The number of hydrogen-bond acceptors (Lipinski definition) is 2. The van der Waals surface area contributed by atoms with E-state index >= 15 is 0 Å². The van der Waals surface area contributed by atoms with Crippen molar-refractivity contribution in [3.8, 4) is 0 Å². The number of hydrogen-bond donors (Lipinski definition) is 2. The van der Waals surface area contributed by atoms with Crippen LogP contribution in [0.1, 0.15) is 19.3 Å². The molecule has 0 amide bonds. The third-order valence-corrected chi connectivity index (χ3v) is 0.733. The number of carboxylic acids is 1. The Balaban J connectivity index is 4.73. The SMILES string of the molecule is [2H][12C]([2H])([2H])[12C@@]([2H])(C)[13C@H]([15NH2])[13C](=O)O. The molecule has 0 aliphatic heterocycles. The molecule has 3 heteroatoms. The third kappa shape index (κ3) is 1.93. The smallest absolute Gasteiger partial charge is 0.320 e. The first kappa shape index (κ1) is 2.82. The predicted octanol–water partition coefficient (Wildman–Crippen LogP) is 0.0543. The van der Waals surface area contributed by atoms with Gasteiger partial charge in [0.25, 0.3) is 0 Å². The van der Waals surface area contributed by atoms with Crippen LogP contribution in [0.3, 0.4) is 0 Å². The first-order valence-electron chi connectivity index (χ1n) is 4.09. The van der Waals surface area contributed by atoms with E-state index in [4.69, 9.17) is 16.3 Å². The van der Waals surface area contributed by atoms with Gasteiger partial charge >= 0.3 is 5.97 Å². The summed E-state index contributed by atoms with van der Waals surface area (Å²) in [6.07, 6.45) is 0. The molecule has 0 bridgehead atoms. The highest BCUT2D eigenvalue weighted by atomic mass is 16.5. The van der Waals surface area contributed by atoms with Crippen molar-refractivity contribution in [3.63, 3.8) is 0 Å². The molecular formula is C5H11NO2. The Hall–Kier alpha value is -0.570. The molecule has 0 fully saturated rings. The second kappa shape index (κ2) is 2.67. The normalized spacial score (nSPS) is 30.2. The van der Waals surface area contributed by atoms with Crippen molar-refractivity contribution < 1.29 is 15.4 Å². The summed E-state index contributed by atoms with van der Waals surface area (Å²) in [7, 11) is 0. The molecule has 0 aromatic heterocycles. The number of nitrogens with two attached hydrogens (primary N) is 1. The monoisotopic (exact) mass is 124 g/mol. The van der Waals surface area contributed by atoms with Gasteiger partial charge in [-0.2, -0.15) is 0 Å². The van der Waals surface area contributed by atoms with Gasteiger partial charge in [0.2, 0.25) is 0 Å². The molecule has 0 saturated heterocycles. The van der Waals surface area contributed by atoms with Gasteiger partial charge in [-0.1, -0.05) is 13.8 Å². The van der Waals surface area contributed by atoms with E-state index in [-0.39, 0.29) is 0 Å². The van der Waals surface area contributed by atoms with E-state index in [0.717, 1.165) is 6.92 Å². The first-order chi connectivity index (χ1) is 5.10. The number of aliphatic carboxylic acids is 1. The summed E-state index contributed by atoms with van der Waals surface area (Å²) < 4.78 is 27.8. The minimum Gasteiger partial charge on any atom is -0.480 e. The fraction of sp³-hybridized carbons (Fsp3) is 0.800. The van der Waals surface area contributed by atoms with Crippen molar-refractivity contribution >= 4 is 5.97 Å². The summed E-state index contributed by atoms with van der Waals surface area (Å²) >= 11 is 0. The van der Waals surface area contributed by atoms with Crippen molar-refractivity contribution in [3.05, 3.63) is 0 Å². The molecule has 8 heavy (non-hydrogen) atoms. The Morgan fingerprint density at radius 3 is 2.75 bits per heavy atom. The molecule has 0 rings (SSSR count). The molecule has 2 atom stereocenters. The van der Waals surface area contributed by atoms with Crippen LogP contribution in [-0.2, 0) is 4.79 Å². The summed E-state index contributed by atoms with van der Waals surface area (Å²) in [4.78, 5) is 10.3. The Morgan fingerprint density at radius 2 is 2.62 bits per heavy atom. The second-order valence-electron chi connectivity index (χ2n) is 1.50. The topological polar surface area (TPSA) is 63.3 Å². The Bertz CT molecular complexity index is 188. The van der Waals surface area contributed by atoms with E-state index < -0.39 is 24.8 Å². The third-order valence-electron chi connectivity index (χ3n) is 0.733. The van der Waals surface area contributed by atoms with Crippen molar-refractivity contribution in [2.45, 2.75) is 19.8 Å². The summed E-state index contributed by atoms with van der Waals surface area (Å²) in [6, 6.07) is -1.70. The molecule has 48 valence electrons. The van der Waals surface area contributed by atoms with Gasteiger partial charge in [0.15, 0.2) is 0 Å². The molecule has 0 aliphatic carbocycles. The molecule has 3 N–H and O–H groups in total. The van der Waals surface area contributed by atoms with Gasteiger partial charge < -0.3 is 10.8 Å². The number of carbonyl (C=O) groups is 1. The highest BCUT2D eigenvalue weighted by molar-refractivity contribution is 5.73. The molecule has 0 unspecified atom stereocenters. The number of rotatable bonds is 2. The maximum Gasteiger partial charge on any atom is 0.320 e. The van der Waals surface area contributed by atoms with E-state index in [0.29, 0.717) is 0 Å². The van der Waals surface area contributed by atoms with Crippen LogP contribution in [0, 0.1) is 5.89 Å². The molecule has 0 spiro atoms. The molecule has 3 nitrogen and oxygen atoms in total. The average Bonchev–Trinajstić information content (AvgIpc) is 1.83. The zero-order chi connectivity index (χ0) is 10.2. The van der Waals surface area contributed by atoms with E-state index in [9.17, 15) is 4.79 Å². The zero-order valence-corrected chi connectivity index (χ0v) is 4.51. The van der Waals surface area contributed by atoms with Crippen LogP contribution < -0.4 is 5.73 Å². The van der Waals surface area contributed by atoms with Gasteiger partial charge in [0, 0.05) is 5.48 Å². The Kier molecular flexibility index (Phi) is 0.942. The van der Waals surface area contributed by atoms with E-state index in [1.807, 2.05) is 0 Å². The maximum atomic E-state index is 10.3. The molecule has 0 heterocycles. The van der Waals surface area contributed by atoms with Gasteiger partial charge in [-0.25, -0.2) is 0 Å². The van der Waals surface area contributed by atoms with Crippen molar-refractivity contribution in [2.75, 3.05) is 0 Å². The van der Waals surface area contributed by atoms with Crippen molar-refractivity contribution in [1.82, 2.24) is 0 Å². The minimum absolute atomic E-state index is 0.985. The van der Waals surface area contributed by atoms with Crippen LogP contribution in [0.2, 0.25) is 0 Å². The van der Waals surface area contributed by atoms with Crippen LogP contribution >= 0.6 is 0 Å². The molecule has 0 aliphatic rings. The first-order valence-corrected chi connectivity index (χ1v) is 2.09. The van der Waals surface area contributed by atoms with E-state index in [1.165, 1.54) is 0 Å². The van der Waals surface area contributed by atoms with Gasteiger partial charge in [0.05, 0.1) is 0 Å². The molecule has 0 aromatic rings. The summed E-state index contributed by atoms with van der Waals surface area (Å²) in [6.45, 7) is -1.70. The van der Waals surface area contributed by atoms with Gasteiger partial charge in [0.1, 0.15) is 6.04 Å². The summed E-state index contributed by atoms with van der Waals surface area (Å²) in [5.41, 5.74) is 5.03. The fourth-order valence-electron chi connectivity index (χ4n) is 0.185. The molecule has 0 aromatic carbocycles. The lowest BCUT2D eigenvalue weighted by Gasteiger charge is -2.07. The standard InChI is InChI=1S/C5H11NO2/c1-3(2)4(6)5(7)8/h3-4H,6H2,1-2H3,(H,7,8)/t4-/m0/s1/i1+0D3,3+0D,4+1,5+1,6+1/t3-,4-. The van der Waals surface area contributed by atoms with Gasteiger partial charge in [-0.15, -0.1) is 0 Å². The van der Waals surface area contributed by atoms with Crippen LogP contribution in [-0.4, -0.2) is 17.1 Å². The van der Waals surface area contributed by atoms with Crippen molar-refractivity contribution in [1.29, 1.82) is 0 Å². The Labute approximate surface area is 54.1 Å². The largest absolute Gasteiger partial charge is 0.480 e. The van der Waals surface area contributed by atoms with Crippen LogP contribution in [0.4, 0.5) is 0 Å². The Morgan fingerprint density at radius 1 is 2.12 bits per heavy atom. The lowest BCUT2D eigenvalue weighted by atomic mass is 10.3. The van der Waals surface area contributed by atoms with Crippen LogP contribution in [0.15, 0.2) is 0 Å². The summed E-state index contributed by atoms with van der Waals surface area (Å²) in [5, 5.41) is 8.39. The number of carboxylic acid groups (broad SMARTS) is 1. The van der Waals surface area contributed by atoms with Crippen LogP contribution in [0.25, 0.3) is 0 Å². The van der Waals surface area contributed by atoms with Gasteiger partial charge in [-0.3, -0.25) is 4.79 Å². The highest BCUT2D eigenvalue weighted by Gasteiger charge is 2.14. The highest BCUT2D eigenvalue weighted by Crippen LogP contribution is 1.96. The molecule has 0 radical (unpaired) electrons. The van der Waals surface area contributed by atoms with E-state index in [2.05, 4.69) is 0 Å². The van der Waals surface area contributed by atoms with Crippen LogP contribution in [0.5, 0.6) is 0 Å². The van der Waals surface area contributed by atoms with Gasteiger partial charge in [-0.05, 0) is 5.89 Å². The zero-order valence-electron chi connectivity index (χ0n) is 8.51. The second-order valence-corrected chi connectivity index (χ2v) is 1.50. The predicted molar refractivity (Wildman–Crippen MR) is 30.4 cm³/mol. The molecule has 0 saturated carbocycles. The minimum atomic E-state index is -2.69. The summed E-state index contributed by atoms with van der Waals surface area (Å²) in [5.74, 6) is -3.64. The molecular weight excluding hydrogens is 109 g/mol.